The molecule has 0 saturated heterocycles. The van der Waals surface area contributed by atoms with E-state index < -0.39 is 0 Å². The number of hydrogen-bond acceptors (Lipinski definition) is 0. The minimum absolute atomic E-state index is 0.0637. The highest BCUT2D eigenvalue weighted by molar-refractivity contribution is 6.56. The Morgan fingerprint density at radius 3 is 0.463 bits per heavy atom. The second-order valence-electron chi connectivity index (χ2n) is 39.0. The van der Waals surface area contributed by atoms with Gasteiger partial charge in [0.15, 0.2) is 0 Å². The summed E-state index contributed by atoms with van der Waals surface area (Å²) < 4.78 is 0. The van der Waals surface area contributed by atoms with Gasteiger partial charge in [0.25, 0.3) is 0 Å². The summed E-state index contributed by atoms with van der Waals surface area (Å²) in [6, 6.07) is 89.5. The second kappa shape index (κ2) is 20.7. The molecule has 0 heterocycles. The van der Waals surface area contributed by atoms with Gasteiger partial charge in [0.1, 0.15) is 0 Å². The zero-order valence-corrected chi connectivity index (χ0v) is 65.8. The summed E-state index contributed by atoms with van der Waals surface area (Å²) >= 11 is 0. The van der Waals surface area contributed by atoms with Crippen molar-refractivity contribution in [3.05, 3.63) is 252 Å². The molecular weight excluding hydrogens is 1300 g/mol. The van der Waals surface area contributed by atoms with Gasteiger partial charge in [0.05, 0.1) is 0 Å². The lowest BCUT2D eigenvalue weighted by molar-refractivity contribution is 0.590. The van der Waals surface area contributed by atoms with E-state index in [0.717, 1.165) is 0 Å². The first kappa shape index (κ1) is 64.3. The molecule has 0 aliphatic rings. The zero-order valence-electron chi connectivity index (χ0n) is 65.8. The number of fused-ring (bicyclic) bond motifs is 12. The fourth-order valence-electron chi connectivity index (χ4n) is 20.8. The van der Waals surface area contributed by atoms with E-state index >= 15 is 0 Å². The van der Waals surface area contributed by atoms with Crippen LogP contribution in [-0.4, -0.2) is 0 Å². The Kier molecular flexibility index (Phi) is 12.3. The highest BCUT2D eigenvalue weighted by Gasteiger charge is 2.36. The van der Waals surface area contributed by atoms with Gasteiger partial charge in [-0.25, -0.2) is 0 Å². The van der Waals surface area contributed by atoms with Crippen LogP contribution in [0.3, 0.4) is 0 Å². The van der Waals surface area contributed by atoms with Crippen LogP contribution in [0.4, 0.5) is 0 Å². The maximum atomic E-state index is 2.70. The predicted octanol–water partition coefficient (Wildman–Crippen LogP) is 31.8. The van der Waals surface area contributed by atoms with Crippen LogP contribution in [0.15, 0.2) is 218 Å². The lowest BCUT2D eigenvalue weighted by Crippen LogP contribution is -2.12. The van der Waals surface area contributed by atoms with Gasteiger partial charge >= 0.3 is 0 Å². The smallest absolute Gasteiger partial charge is 0.000707 e. The molecule has 0 radical (unpaired) electrons. The number of rotatable bonds is 4. The Balaban J connectivity index is 1.09. The second-order valence-corrected chi connectivity index (χ2v) is 39.0. The first-order chi connectivity index (χ1) is 51.4. The van der Waals surface area contributed by atoms with Crippen molar-refractivity contribution < 1.29 is 0 Å². The van der Waals surface area contributed by atoms with Crippen LogP contribution in [0.5, 0.6) is 0 Å². The minimum atomic E-state index is -0.289. The van der Waals surface area contributed by atoms with Gasteiger partial charge < -0.3 is 0 Å². The van der Waals surface area contributed by atoms with Crippen molar-refractivity contribution in [2.24, 2.45) is 0 Å². The molecule has 522 valence electrons. The van der Waals surface area contributed by atoms with E-state index in [0.29, 0.717) is 0 Å². The summed E-state index contributed by atoms with van der Waals surface area (Å²) in [5.41, 5.74) is 17.3. The zero-order chi connectivity index (χ0) is 74.2. The lowest BCUT2D eigenvalue weighted by atomic mass is 9.72. The fourth-order valence-corrected chi connectivity index (χ4v) is 20.8. The molecule has 0 fully saturated rings. The molecule has 22 rings (SSSR count). The SMILES string of the molecule is CC(C)(C)c1ccc(-c2c3c4cc(C(C)(C)C)cc5c6c(-c7ccc(C(C)(C)C)cc7)c7c8ccc9ccc%10ccc%11ccc(c7c(-c7ccc(C(C)(C)C)cc7)c6c6cc(C(C)(C)C)cc(c3c(-c3ccc(C(C)(C)C)cc3)c3c7ccc%12ccc%13ccc%14ccc(c23)c2c%14c%13c%12c72)c6c45)c2c%11c%10c9c82)cc1. The molecule has 0 bridgehead atoms. The first-order valence-electron chi connectivity index (χ1n) is 39.6. The molecule has 0 amide bonds. The molecule has 0 spiro atoms. The fraction of sp³-hybridized carbons (Fsp3) is 0.222. The third-order valence-electron chi connectivity index (χ3n) is 26.4. The van der Waals surface area contributed by atoms with Crippen LogP contribution in [0.2, 0.25) is 0 Å². The van der Waals surface area contributed by atoms with E-state index in [9.17, 15) is 0 Å². The average Bonchev–Trinajstić information content (AvgIpc) is 1.29. The van der Waals surface area contributed by atoms with Crippen molar-refractivity contribution in [3.63, 3.8) is 0 Å². The molecule has 0 aromatic heterocycles. The third kappa shape index (κ3) is 8.37. The first-order valence-corrected chi connectivity index (χ1v) is 39.6. The summed E-state index contributed by atoms with van der Waals surface area (Å²) in [7, 11) is 0. The van der Waals surface area contributed by atoms with E-state index in [1.54, 1.807) is 0 Å². The summed E-state index contributed by atoms with van der Waals surface area (Å²) in [5, 5.41) is 45.5. The lowest BCUT2D eigenvalue weighted by Gasteiger charge is -2.31. The molecule has 22 aromatic rings. The summed E-state index contributed by atoms with van der Waals surface area (Å²) in [6.45, 7) is 43.1. The van der Waals surface area contributed by atoms with Crippen LogP contribution < -0.4 is 0 Å². The van der Waals surface area contributed by atoms with Gasteiger partial charge in [-0.3, -0.25) is 0 Å². The molecule has 0 atom stereocenters. The Bertz CT molecular complexity index is 6710. The van der Waals surface area contributed by atoms with E-state index in [4.69, 9.17) is 0 Å². The quantitative estimate of drug-likeness (QED) is 0.122. The van der Waals surface area contributed by atoms with Crippen molar-refractivity contribution in [1.29, 1.82) is 0 Å². The van der Waals surface area contributed by atoms with E-state index in [1.807, 2.05) is 0 Å². The topological polar surface area (TPSA) is 0 Å². The molecule has 0 aliphatic carbocycles. The normalized spacial score (nSPS) is 13.8. The van der Waals surface area contributed by atoms with Gasteiger partial charge in [0, 0.05) is 0 Å². The highest BCUT2D eigenvalue weighted by Crippen LogP contribution is 2.63. The number of hydrogen-bond donors (Lipinski definition) is 0. The Morgan fingerprint density at radius 1 is 0.130 bits per heavy atom. The number of benzene rings is 20. The molecule has 0 aliphatic heterocycles. The summed E-state index contributed by atoms with van der Waals surface area (Å²) in [6.07, 6.45) is 0. The van der Waals surface area contributed by atoms with Gasteiger partial charge in [-0.15, -0.1) is 0 Å². The molecule has 108 heavy (non-hydrogen) atoms. The predicted molar refractivity (Wildman–Crippen MR) is 476 cm³/mol. The molecule has 22 aromatic carbocycles. The van der Waals surface area contributed by atoms with E-state index in [1.165, 1.54) is 261 Å². The van der Waals surface area contributed by atoms with Crippen molar-refractivity contribution in [2.45, 2.75) is 157 Å². The minimum Gasteiger partial charge on any atom is -0.0579 e. The maximum Gasteiger partial charge on any atom is -0.000707 e. The Hall–Kier alpha value is -10.9. The van der Waals surface area contributed by atoms with Crippen LogP contribution in [0.1, 0.15) is 158 Å². The molecule has 0 unspecified atom stereocenters. The van der Waals surface area contributed by atoms with E-state index in [-0.39, 0.29) is 32.5 Å². The van der Waals surface area contributed by atoms with Gasteiger partial charge in [-0.05, 0) is 318 Å². The summed E-state index contributed by atoms with van der Waals surface area (Å²) in [4.78, 5) is 0. The van der Waals surface area contributed by atoms with Gasteiger partial charge in [0.2, 0.25) is 0 Å². The van der Waals surface area contributed by atoms with Crippen molar-refractivity contribution in [3.8, 4) is 44.5 Å². The molecule has 0 N–H and O–H groups in total. The van der Waals surface area contributed by atoms with E-state index in [2.05, 4.69) is 343 Å². The standard InChI is InChI=1S/C108H90/c1-103(2,3)65-39-27-61(28-40-65)85-95-71-47-35-57-23-19-55-20-24-58-36-48-72(92-82(58)79(55)81(57)91(71)92)96(95)86(62-29-41-66(42-30-62)104(4,5)6)100-76-52-70(108(16,17)18)54-78-90(76)89-75(99(85)100)51-69(107(13,14)15)53-77(89)101-87(63-31-43-67(44-32-63)105(7,8)9)97-73-49-37-59-25-21-56-22-26-60-38-50-74(94-84(60)80(56)83(59)93(73)94)98(97)88(102(78)101)64-33-45-68(46-34-64)106(10,11)12/h19-54H,1-18H3. The van der Waals surface area contributed by atoms with Crippen molar-refractivity contribution in [2.75, 3.05) is 0 Å². The van der Waals surface area contributed by atoms with Crippen molar-refractivity contribution >= 4 is 183 Å². The Morgan fingerprint density at radius 2 is 0.287 bits per heavy atom. The maximum absolute atomic E-state index is 2.70. The monoisotopic (exact) mass is 1390 g/mol. The molecule has 0 nitrogen and oxygen atoms in total. The van der Waals surface area contributed by atoms with Gasteiger partial charge in [-0.2, -0.15) is 0 Å². The van der Waals surface area contributed by atoms with Crippen LogP contribution >= 0.6 is 0 Å². The molecule has 0 saturated carbocycles. The van der Waals surface area contributed by atoms with Gasteiger partial charge in [-0.1, -0.05) is 319 Å². The summed E-state index contributed by atoms with van der Waals surface area (Å²) in [5.74, 6) is 0. The van der Waals surface area contributed by atoms with Crippen LogP contribution in [0.25, 0.3) is 228 Å². The largest absolute Gasteiger partial charge is 0.0579 e. The van der Waals surface area contributed by atoms with Crippen molar-refractivity contribution in [1.82, 2.24) is 0 Å². The average molecular weight is 1390 g/mol. The molecule has 0 heteroatoms. The highest BCUT2D eigenvalue weighted by atomic mass is 14.4. The molecular formula is C108H90. The van der Waals surface area contributed by atoms with Crippen LogP contribution in [0, 0.1) is 0 Å². The Labute approximate surface area is 632 Å². The third-order valence-corrected chi connectivity index (χ3v) is 26.4. The van der Waals surface area contributed by atoms with Crippen LogP contribution in [-0.2, 0) is 32.5 Å².